The average Bonchev–Trinajstić information content (AvgIpc) is 2.67. The van der Waals surface area contributed by atoms with Gasteiger partial charge in [-0.15, -0.1) is 0 Å². The van der Waals surface area contributed by atoms with E-state index in [0.717, 1.165) is 0 Å². The minimum Gasteiger partial charge on any atom is -0.424 e. The maximum Gasteiger partial charge on any atom is 0.296 e. The first-order valence-corrected chi connectivity index (χ1v) is 4.87. The number of hydrogen-bond acceptors (Lipinski definition) is 6. The Hall–Kier alpha value is -1.79. The van der Waals surface area contributed by atoms with Gasteiger partial charge in [-0.05, 0) is 18.2 Å². The van der Waals surface area contributed by atoms with Gasteiger partial charge < -0.3 is 25.7 Å². The van der Waals surface area contributed by atoms with Crippen LogP contribution in [-0.4, -0.2) is 34.5 Å². The molecule has 6 nitrogen and oxygen atoms in total. The number of hydrogen-bond donors (Lipinski definition) is 4. The number of benzene rings is 1. The first-order chi connectivity index (χ1) is 7.72. The third kappa shape index (κ3) is 2.07. The molecule has 2 aromatic rings. The van der Waals surface area contributed by atoms with Crippen molar-refractivity contribution in [3.8, 4) is 0 Å². The van der Waals surface area contributed by atoms with Crippen molar-refractivity contribution in [2.24, 2.45) is 0 Å². The van der Waals surface area contributed by atoms with E-state index >= 15 is 0 Å². The Bertz CT molecular complexity index is 479. The number of nitrogens with two attached hydrogens (primary N) is 1. The third-order valence-corrected chi connectivity index (χ3v) is 2.18. The molecule has 16 heavy (non-hydrogen) atoms. The lowest BCUT2D eigenvalue weighted by Gasteiger charge is -2.10. The molecular formula is C10H13N3O3. The van der Waals surface area contributed by atoms with Crippen molar-refractivity contribution in [3.63, 3.8) is 0 Å². The summed E-state index contributed by atoms with van der Waals surface area (Å²) in [7, 11) is 0. The zero-order chi connectivity index (χ0) is 11.5. The molecule has 1 heterocycles. The smallest absolute Gasteiger partial charge is 0.296 e. The molecule has 86 valence electrons. The van der Waals surface area contributed by atoms with Crippen molar-refractivity contribution in [3.05, 3.63) is 18.2 Å². The lowest BCUT2D eigenvalue weighted by molar-refractivity contribution is 0.202. The highest BCUT2D eigenvalue weighted by molar-refractivity contribution is 5.78. The molecule has 0 spiro atoms. The standard InChI is InChI=1S/C10H13N3O3/c11-6-1-2-9-8(3-6)13-10(16-9)12-7(4-14)5-15/h1-3,7,14-15H,4-5,11H2,(H,12,13). The molecule has 0 bridgehead atoms. The molecule has 0 fully saturated rings. The minimum absolute atomic E-state index is 0.197. The molecule has 0 aliphatic heterocycles. The fourth-order valence-electron chi connectivity index (χ4n) is 1.33. The normalized spacial score (nSPS) is 11.2. The van der Waals surface area contributed by atoms with Crippen LogP contribution in [0.3, 0.4) is 0 Å². The summed E-state index contributed by atoms with van der Waals surface area (Å²) in [5.74, 6) is 0. The van der Waals surface area contributed by atoms with E-state index in [-0.39, 0.29) is 19.2 Å². The van der Waals surface area contributed by atoms with Crippen LogP contribution < -0.4 is 11.1 Å². The Morgan fingerprint density at radius 3 is 2.81 bits per heavy atom. The molecule has 0 saturated heterocycles. The molecule has 0 amide bonds. The van der Waals surface area contributed by atoms with Crippen LogP contribution in [0.15, 0.2) is 22.6 Å². The van der Waals surface area contributed by atoms with Crippen LogP contribution in [0.2, 0.25) is 0 Å². The Kier molecular flexibility index (Phi) is 2.93. The first kappa shape index (κ1) is 10.7. The summed E-state index contributed by atoms with van der Waals surface area (Å²) >= 11 is 0. The second-order valence-corrected chi connectivity index (χ2v) is 3.45. The van der Waals surface area contributed by atoms with E-state index in [1.54, 1.807) is 18.2 Å². The fraction of sp³-hybridized carbons (Fsp3) is 0.300. The van der Waals surface area contributed by atoms with E-state index in [2.05, 4.69) is 10.3 Å². The summed E-state index contributed by atoms with van der Waals surface area (Å²) in [6.45, 7) is -0.394. The van der Waals surface area contributed by atoms with Crippen molar-refractivity contribution >= 4 is 22.8 Å². The zero-order valence-corrected chi connectivity index (χ0v) is 8.55. The molecule has 0 aliphatic carbocycles. The molecule has 1 aromatic heterocycles. The van der Waals surface area contributed by atoms with E-state index in [9.17, 15) is 0 Å². The third-order valence-electron chi connectivity index (χ3n) is 2.18. The highest BCUT2D eigenvalue weighted by Gasteiger charge is 2.10. The molecular weight excluding hydrogens is 210 g/mol. The van der Waals surface area contributed by atoms with Gasteiger partial charge in [-0.1, -0.05) is 0 Å². The van der Waals surface area contributed by atoms with Crippen LogP contribution in [-0.2, 0) is 0 Å². The number of oxazole rings is 1. The van der Waals surface area contributed by atoms with E-state index in [4.69, 9.17) is 20.4 Å². The van der Waals surface area contributed by atoms with Crippen molar-refractivity contribution in [2.45, 2.75) is 6.04 Å². The van der Waals surface area contributed by atoms with Gasteiger partial charge in [0.2, 0.25) is 0 Å². The molecule has 0 unspecified atom stereocenters. The lowest BCUT2D eigenvalue weighted by Crippen LogP contribution is -2.27. The van der Waals surface area contributed by atoms with Gasteiger partial charge in [-0.3, -0.25) is 0 Å². The van der Waals surface area contributed by atoms with Gasteiger partial charge in [0, 0.05) is 5.69 Å². The van der Waals surface area contributed by atoms with Gasteiger partial charge in [-0.2, -0.15) is 4.98 Å². The van der Waals surface area contributed by atoms with Gasteiger partial charge in [0.25, 0.3) is 6.01 Å². The van der Waals surface area contributed by atoms with Gasteiger partial charge in [0.1, 0.15) is 5.52 Å². The maximum atomic E-state index is 8.89. The highest BCUT2D eigenvalue weighted by Crippen LogP contribution is 2.21. The van der Waals surface area contributed by atoms with Crippen LogP contribution >= 0.6 is 0 Å². The Morgan fingerprint density at radius 1 is 1.38 bits per heavy atom. The number of aromatic nitrogens is 1. The molecule has 2 rings (SSSR count). The number of nitrogen functional groups attached to an aromatic ring is 1. The van der Waals surface area contributed by atoms with E-state index < -0.39 is 6.04 Å². The van der Waals surface area contributed by atoms with Gasteiger partial charge in [-0.25, -0.2) is 0 Å². The summed E-state index contributed by atoms with van der Waals surface area (Å²) < 4.78 is 5.36. The Morgan fingerprint density at radius 2 is 2.12 bits per heavy atom. The van der Waals surface area contributed by atoms with Gasteiger partial charge in [0.15, 0.2) is 5.58 Å². The molecule has 0 aliphatic rings. The van der Waals surface area contributed by atoms with Crippen LogP contribution in [0, 0.1) is 0 Å². The number of anilines is 2. The minimum atomic E-state index is -0.481. The summed E-state index contributed by atoms with van der Waals surface area (Å²) in [4.78, 5) is 4.13. The Balaban J connectivity index is 2.25. The quantitative estimate of drug-likeness (QED) is 0.551. The summed E-state index contributed by atoms with van der Waals surface area (Å²) in [5.41, 5.74) is 7.45. The number of fused-ring (bicyclic) bond motifs is 1. The van der Waals surface area contributed by atoms with E-state index in [1.165, 1.54) is 0 Å². The van der Waals surface area contributed by atoms with Crippen LogP contribution in [0.5, 0.6) is 0 Å². The van der Waals surface area contributed by atoms with Crippen LogP contribution in [0.4, 0.5) is 11.7 Å². The second kappa shape index (κ2) is 4.38. The fourth-order valence-corrected chi connectivity index (χ4v) is 1.33. The van der Waals surface area contributed by atoms with Crippen LogP contribution in [0.1, 0.15) is 0 Å². The zero-order valence-electron chi connectivity index (χ0n) is 8.55. The number of aliphatic hydroxyl groups excluding tert-OH is 2. The van der Waals surface area contributed by atoms with Gasteiger partial charge >= 0.3 is 0 Å². The van der Waals surface area contributed by atoms with Crippen molar-refractivity contribution in [1.29, 1.82) is 0 Å². The lowest BCUT2D eigenvalue weighted by atomic mass is 10.3. The van der Waals surface area contributed by atoms with E-state index in [0.29, 0.717) is 16.8 Å². The number of nitrogens with zero attached hydrogens (tertiary/aromatic N) is 1. The number of rotatable bonds is 4. The maximum absolute atomic E-state index is 8.89. The van der Waals surface area contributed by atoms with Crippen LogP contribution in [0.25, 0.3) is 11.1 Å². The topological polar surface area (TPSA) is 105 Å². The van der Waals surface area contributed by atoms with Crippen molar-refractivity contribution in [1.82, 2.24) is 4.98 Å². The second-order valence-electron chi connectivity index (χ2n) is 3.45. The summed E-state index contributed by atoms with van der Waals surface area (Å²) in [5, 5.41) is 20.6. The first-order valence-electron chi connectivity index (χ1n) is 4.87. The van der Waals surface area contributed by atoms with E-state index in [1.807, 2.05) is 0 Å². The highest BCUT2D eigenvalue weighted by atomic mass is 16.4. The van der Waals surface area contributed by atoms with Crippen molar-refractivity contribution < 1.29 is 14.6 Å². The summed E-state index contributed by atoms with van der Waals surface area (Å²) in [6, 6.07) is 4.90. The molecule has 0 atom stereocenters. The van der Waals surface area contributed by atoms with Gasteiger partial charge in [0.05, 0.1) is 19.3 Å². The molecule has 0 saturated carbocycles. The monoisotopic (exact) mass is 223 g/mol. The number of aliphatic hydroxyl groups is 2. The largest absolute Gasteiger partial charge is 0.424 e. The predicted octanol–water partition coefficient (Wildman–Crippen LogP) is 0.175. The molecule has 5 N–H and O–H groups in total. The molecule has 6 heteroatoms. The van der Waals surface area contributed by atoms with Crippen molar-refractivity contribution in [2.75, 3.05) is 24.3 Å². The SMILES string of the molecule is Nc1ccc2oc(NC(CO)CO)nc2c1. The summed E-state index contributed by atoms with van der Waals surface area (Å²) in [6.07, 6.45) is 0. The molecule has 0 radical (unpaired) electrons. The average molecular weight is 223 g/mol. The Labute approximate surface area is 91.7 Å². The number of nitrogens with one attached hydrogen (secondary N) is 1. The molecule has 1 aromatic carbocycles. The predicted molar refractivity (Wildman–Crippen MR) is 60.0 cm³/mol.